The fraction of sp³-hybridized carbons (Fsp3) is 0.227. The summed E-state index contributed by atoms with van der Waals surface area (Å²) in [5, 5.41) is 7.21. The number of aryl methyl sites for hydroxylation is 3. The quantitative estimate of drug-likeness (QED) is 0.511. The Kier molecular flexibility index (Phi) is 5.12. The van der Waals surface area contributed by atoms with Gasteiger partial charge in [0.1, 0.15) is 11.6 Å². The topological polar surface area (TPSA) is 64.2 Å². The smallest absolute Gasteiger partial charge is 0.271 e. The molecule has 0 aliphatic carbocycles. The van der Waals surface area contributed by atoms with E-state index >= 15 is 0 Å². The van der Waals surface area contributed by atoms with Crippen molar-refractivity contribution in [2.75, 3.05) is 6.54 Å². The van der Waals surface area contributed by atoms with E-state index in [4.69, 9.17) is 0 Å². The van der Waals surface area contributed by atoms with Gasteiger partial charge >= 0.3 is 0 Å². The summed E-state index contributed by atoms with van der Waals surface area (Å²) in [6.07, 6.45) is 5.38. The Bertz CT molecular complexity index is 1180. The Balaban J connectivity index is 1.37. The maximum absolute atomic E-state index is 13.5. The number of rotatable bonds is 6. The standard InChI is InChI=1S/C22H22FN5O/c1-15-12-16(8-9-18(15)23)20-13-19(26-27(20)2)22(29)24-10-5-7-21-25-14-17-6-3-4-11-28(17)21/h3-4,6,8-9,11-14H,5,7,10H2,1-2H3,(H,24,29). The van der Waals surface area contributed by atoms with Crippen LogP contribution in [0.4, 0.5) is 4.39 Å². The summed E-state index contributed by atoms with van der Waals surface area (Å²) in [5.41, 5.74) is 3.55. The fourth-order valence-corrected chi connectivity index (χ4v) is 3.38. The average molecular weight is 391 g/mol. The third-order valence-corrected chi connectivity index (χ3v) is 4.94. The molecule has 0 atom stereocenters. The van der Waals surface area contributed by atoms with E-state index in [2.05, 4.69) is 19.8 Å². The van der Waals surface area contributed by atoms with Gasteiger partial charge in [-0.2, -0.15) is 5.10 Å². The van der Waals surface area contributed by atoms with Gasteiger partial charge in [-0.15, -0.1) is 0 Å². The molecule has 0 saturated heterocycles. The Hall–Kier alpha value is -3.48. The summed E-state index contributed by atoms with van der Waals surface area (Å²) in [6, 6.07) is 12.6. The normalized spacial score (nSPS) is 11.1. The van der Waals surface area contributed by atoms with E-state index < -0.39 is 0 Å². The number of hydrogen-bond acceptors (Lipinski definition) is 3. The Morgan fingerprint density at radius 2 is 2.07 bits per heavy atom. The van der Waals surface area contributed by atoms with Gasteiger partial charge in [-0.05, 0) is 55.3 Å². The molecule has 1 N–H and O–H groups in total. The highest BCUT2D eigenvalue weighted by molar-refractivity contribution is 5.93. The third-order valence-electron chi connectivity index (χ3n) is 4.94. The largest absolute Gasteiger partial charge is 0.351 e. The lowest BCUT2D eigenvalue weighted by molar-refractivity contribution is 0.0947. The molecule has 1 aromatic carbocycles. The molecule has 0 bridgehead atoms. The lowest BCUT2D eigenvalue weighted by Crippen LogP contribution is -2.25. The molecule has 3 heterocycles. The van der Waals surface area contributed by atoms with Crippen molar-refractivity contribution in [1.82, 2.24) is 24.5 Å². The first-order valence-corrected chi connectivity index (χ1v) is 9.52. The number of amides is 1. The molecule has 0 fully saturated rings. The number of hydrogen-bond donors (Lipinski definition) is 1. The molecule has 1 amide bonds. The van der Waals surface area contributed by atoms with Crippen molar-refractivity contribution < 1.29 is 9.18 Å². The number of imidazole rings is 1. The van der Waals surface area contributed by atoms with E-state index in [1.807, 2.05) is 30.6 Å². The molecule has 0 radical (unpaired) electrons. The van der Waals surface area contributed by atoms with Gasteiger partial charge in [-0.25, -0.2) is 9.37 Å². The molecule has 4 rings (SSSR count). The van der Waals surface area contributed by atoms with Crippen LogP contribution in [0.3, 0.4) is 0 Å². The molecular formula is C22H22FN5O. The first-order valence-electron chi connectivity index (χ1n) is 9.52. The zero-order valence-corrected chi connectivity index (χ0v) is 16.4. The van der Waals surface area contributed by atoms with Crippen LogP contribution in [0.1, 0.15) is 28.3 Å². The number of nitrogens with one attached hydrogen (secondary N) is 1. The molecule has 0 aliphatic heterocycles. The Morgan fingerprint density at radius 3 is 2.90 bits per heavy atom. The second kappa shape index (κ2) is 7.87. The summed E-state index contributed by atoms with van der Waals surface area (Å²) in [5.74, 6) is 0.499. The summed E-state index contributed by atoms with van der Waals surface area (Å²) in [6.45, 7) is 2.24. The lowest BCUT2D eigenvalue weighted by atomic mass is 10.1. The minimum absolute atomic E-state index is 0.223. The Labute approximate surface area is 168 Å². The number of halogens is 1. The van der Waals surface area contributed by atoms with Crippen molar-refractivity contribution in [2.45, 2.75) is 19.8 Å². The van der Waals surface area contributed by atoms with Crippen LogP contribution in [0, 0.1) is 12.7 Å². The first kappa shape index (κ1) is 18.9. The van der Waals surface area contributed by atoms with Gasteiger partial charge in [0.2, 0.25) is 0 Å². The highest BCUT2D eigenvalue weighted by atomic mass is 19.1. The summed E-state index contributed by atoms with van der Waals surface area (Å²) in [7, 11) is 1.77. The van der Waals surface area contributed by atoms with E-state index in [0.29, 0.717) is 17.8 Å². The molecule has 148 valence electrons. The van der Waals surface area contributed by atoms with Crippen LogP contribution in [0.5, 0.6) is 0 Å². The maximum Gasteiger partial charge on any atom is 0.271 e. The number of carbonyl (C=O) groups excluding carboxylic acids is 1. The zero-order chi connectivity index (χ0) is 20.4. The first-order chi connectivity index (χ1) is 14.0. The average Bonchev–Trinajstić information content (AvgIpc) is 3.31. The molecule has 0 unspecified atom stereocenters. The summed E-state index contributed by atoms with van der Waals surface area (Å²) in [4.78, 5) is 16.9. The van der Waals surface area contributed by atoms with E-state index in [0.717, 1.165) is 35.4 Å². The van der Waals surface area contributed by atoms with Crippen molar-refractivity contribution in [3.8, 4) is 11.3 Å². The number of nitrogens with zero attached hydrogens (tertiary/aromatic N) is 4. The van der Waals surface area contributed by atoms with Crippen molar-refractivity contribution in [3.05, 3.63) is 77.8 Å². The Morgan fingerprint density at radius 1 is 1.21 bits per heavy atom. The van der Waals surface area contributed by atoms with E-state index in [1.54, 1.807) is 36.9 Å². The predicted molar refractivity (Wildman–Crippen MR) is 109 cm³/mol. The van der Waals surface area contributed by atoms with E-state index in [-0.39, 0.29) is 11.7 Å². The van der Waals surface area contributed by atoms with Gasteiger partial charge in [-0.1, -0.05) is 6.07 Å². The van der Waals surface area contributed by atoms with Crippen molar-refractivity contribution in [1.29, 1.82) is 0 Å². The predicted octanol–water partition coefficient (Wildman–Crippen LogP) is 3.54. The SMILES string of the molecule is Cc1cc(-c2cc(C(=O)NCCCc3ncc4ccccn34)nn2C)ccc1F. The second-order valence-electron chi connectivity index (χ2n) is 7.03. The second-order valence-corrected chi connectivity index (χ2v) is 7.03. The molecular weight excluding hydrogens is 369 g/mol. The molecule has 29 heavy (non-hydrogen) atoms. The van der Waals surface area contributed by atoms with Crippen LogP contribution in [0.2, 0.25) is 0 Å². The van der Waals surface area contributed by atoms with Crippen molar-refractivity contribution in [2.24, 2.45) is 7.05 Å². The monoisotopic (exact) mass is 391 g/mol. The molecule has 3 aromatic heterocycles. The van der Waals surface area contributed by atoms with E-state index in [9.17, 15) is 9.18 Å². The number of fused-ring (bicyclic) bond motifs is 1. The maximum atomic E-state index is 13.5. The van der Waals surface area contributed by atoms with Gasteiger partial charge in [0.25, 0.3) is 5.91 Å². The highest BCUT2D eigenvalue weighted by Gasteiger charge is 2.14. The van der Waals surface area contributed by atoms with Crippen LogP contribution in [0.15, 0.2) is 54.9 Å². The van der Waals surface area contributed by atoms with Gasteiger partial charge < -0.3 is 9.72 Å². The van der Waals surface area contributed by atoms with Gasteiger partial charge in [0.05, 0.1) is 17.4 Å². The number of pyridine rings is 1. The summed E-state index contributed by atoms with van der Waals surface area (Å²) < 4.78 is 17.2. The summed E-state index contributed by atoms with van der Waals surface area (Å²) >= 11 is 0. The minimum Gasteiger partial charge on any atom is -0.351 e. The zero-order valence-electron chi connectivity index (χ0n) is 16.4. The van der Waals surface area contributed by atoms with Gasteiger partial charge in [0, 0.05) is 31.8 Å². The fourth-order valence-electron chi connectivity index (χ4n) is 3.38. The number of carbonyl (C=O) groups is 1. The molecule has 6 nitrogen and oxygen atoms in total. The molecule has 7 heteroatoms. The third kappa shape index (κ3) is 3.89. The highest BCUT2D eigenvalue weighted by Crippen LogP contribution is 2.22. The van der Waals surface area contributed by atoms with Crippen LogP contribution in [-0.4, -0.2) is 31.6 Å². The van der Waals surface area contributed by atoms with E-state index in [1.165, 1.54) is 6.07 Å². The van der Waals surface area contributed by atoms with Crippen LogP contribution >= 0.6 is 0 Å². The van der Waals surface area contributed by atoms with Crippen LogP contribution in [-0.2, 0) is 13.5 Å². The number of aromatic nitrogens is 4. The van der Waals surface area contributed by atoms with Crippen molar-refractivity contribution >= 4 is 11.4 Å². The molecule has 0 aliphatic rings. The lowest BCUT2D eigenvalue weighted by Gasteiger charge is -2.03. The van der Waals surface area contributed by atoms with Gasteiger partial charge in [-0.3, -0.25) is 9.48 Å². The number of benzene rings is 1. The van der Waals surface area contributed by atoms with Crippen molar-refractivity contribution in [3.63, 3.8) is 0 Å². The molecule has 0 saturated carbocycles. The minimum atomic E-state index is -0.251. The van der Waals surface area contributed by atoms with Crippen LogP contribution < -0.4 is 5.32 Å². The molecule has 4 aromatic rings. The van der Waals surface area contributed by atoms with Gasteiger partial charge in [0.15, 0.2) is 5.69 Å². The van der Waals surface area contributed by atoms with Crippen LogP contribution in [0.25, 0.3) is 16.8 Å². The molecule has 0 spiro atoms.